The number of nitrogens with one attached hydrogen (secondary N) is 2. The van der Waals surface area contributed by atoms with Crippen LogP contribution in [0.25, 0.3) is 33.0 Å². The first-order chi connectivity index (χ1) is 18.4. The molecule has 11 nitrogen and oxygen atoms in total. The third-order valence-electron chi connectivity index (χ3n) is 7.00. The largest absolute Gasteiger partial charge is 0.454 e. The van der Waals surface area contributed by atoms with Gasteiger partial charge in [-0.3, -0.25) is 14.9 Å². The van der Waals surface area contributed by atoms with Crippen LogP contribution in [-0.2, 0) is 16.1 Å². The van der Waals surface area contributed by atoms with E-state index in [1.54, 1.807) is 12.4 Å². The van der Waals surface area contributed by atoms with Crippen molar-refractivity contribution in [2.45, 2.75) is 12.6 Å². The molecule has 38 heavy (non-hydrogen) atoms. The maximum absolute atomic E-state index is 13.3. The molecule has 0 fully saturated rings. The van der Waals surface area contributed by atoms with E-state index >= 15 is 0 Å². The second kappa shape index (κ2) is 8.27. The highest BCUT2D eigenvalue weighted by molar-refractivity contribution is 6.50. The standard InChI is InChI=1S/C27H24N4O7/c1-30(2)8-13(32)9-31-10-17(15-4-21-23(6-19(15)31)38-12-36-21)25-24(26(33)29-27(25)34)16-7-28-18-5-22-20(3-14(16)18)35-11-37-22/h3-7,10,13,28,32H,8-9,11-12H2,1-2H3,(H,29,33,34). The van der Waals surface area contributed by atoms with Gasteiger partial charge >= 0.3 is 0 Å². The predicted octanol–water partition coefficient (Wildman–Crippen LogP) is 2.07. The van der Waals surface area contributed by atoms with Crippen LogP contribution >= 0.6 is 0 Å². The number of imide groups is 1. The Kier molecular flexibility index (Phi) is 4.94. The van der Waals surface area contributed by atoms with Gasteiger partial charge in [0.2, 0.25) is 13.6 Å². The number of aromatic nitrogens is 2. The number of hydrogen-bond acceptors (Lipinski definition) is 8. The fourth-order valence-corrected chi connectivity index (χ4v) is 5.42. The molecule has 7 rings (SSSR count). The molecule has 194 valence electrons. The monoisotopic (exact) mass is 516 g/mol. The minimum Gasteiger partial charge on any atom is -0.454 e. The Balaban J connectivity index is 1.44. The van der Waals surface area contributed by atoms with Crippen molar-refractivity contribution in [1.29, 1.82) is 0 Å². The first-order valence-electron chi connectivity index (χ1n) is 12.1. The summed E-state index contributed by atoms with van der Waals surface area (Å²) in [5, 5.41) is 14.6. The maximum atomic E-state index is 13.3. The summed E-state index contributed by atoms with van der Waals surface area (Å²) in [5.41, 5.74) is 3.14. The maximum Gasteiger partial charge on any atom is 0.259 e. The number of nitrogens with zero attached hydrogens (tertiary/aromatic N) is 2. The number of aliphatic hydroxyl groups is 1. The van der Waals surface area contributed by atoms with Crippen LogP contribution in [0.3, 0.4) is 0 Å². The zero-order valence-electron chi connectivity index (χ0n) is 20.7. The average Bonchev–Trinajstić information content (AvgIpc) is 3.67. The molecule has 11 heteroatoms. The number of benzene rings is 2. The number of aromatic amines is 1. The third kappa shape index (κ3) is 3.43. The predicted molar refractivity (Wildman–Crippen MR) is 137 cm³/mol. The molecule has 2 aromatic heterocycles. The van der Waals surface area contributed by atoms with Crippen LogP contribution < -0.4 is 24.3 Å². The van der Waals surface area contributed by atoms with Gasteiger partial charge < -0.3 is 38.5 Å². The highest BCUT2D eigenvalue weighted by Crippen LogP contribution is 2.44. The van der Waals surface area contributed by atoms with E-state index in [1.165, 1.54) is 0 Å². The van der Waals surface area contributed by atoms with Crippen molar-refractivity contribution in [2.24, 2.45) is 0 Å². The summed E-state index contributed by atoms with van der Waals surface area (Å²) >= 11 is 0. The Morgan fingerprint density at radius 2 is 1.50 bits per heavy atom. The highest BCUT2D eigenvalue weighted by Gasteiger charge is 2.36. The van der Waals surface area contributed by atoms with Crippen molar-refractivity contribution in [1.82, 2.24) is 19.8 Å². The lowest BCUT2D eigenvalue weighted by atomic mass is 9.95. The van der Waals surface area contributed by atoms with E-state index in [2.05, 4.69) is 10.3 Å². The van der Waals surface area contributed by atoms with Gasteiger partial charge in [0.15, 0.2) is 23.0 Å². The van der Waals surface area contributed by atoms with Crippen LogP contribution in [-0.4, -0.2) is 71.7 Å². The quantitative estimate of drug-likeness (QED) is 0.333. The average molecular weight is 517 g/mol. The third-order valence-corrected chi connectivity index (χ3v) is 7.00. The van der Waals surface area contributed by atoms with E-state index in [1.807, 2.05) is 47.8 Å². The smallest absolute Gasteiger partial charge is 0.259 e. The number of aliphatic hydroxyl groups excluding tert-OH is 1. The summed E-state index contributed by atoms with van der Waals surface area (Å²) in [5.74, 6) is 1.34. The molecular formula is C27H24N4O7. The second-order valence-corrected chi connectivity index (χ2v) is 9.82. The van der Waals surface area contributed by atoms with E-state index in [0.717, 1.165) is 16.4 Å². The zero-order chi connectivity index (χ0) is 26.1. The first kappa shape index (κ1) is 22.7. The fraction of sp³-hybridized carbons (Fsp3) is 0.259. The lowest BCUT2D eigenvalue weighted by molar-refractivity contribution is -0.122. The molecular weight excluding hydrogens is 492 g/mol. The van der Waals surface area contributed by atoms with Crippen molar-refractivity contribution in [3.05, 3.63) is 47.8 Å². The van der Waals surface area contributed by atoms with Gasteiger partial charge in [-0.05, 0) is 26.2 Å². The molecule has 0 aliphatic carbocycles. The number of hydrogen-bond donors (Lipinski definition) is 3. The lowest BCUT2D eigenvalue weighted by Gasteiger charge is -2.17. The highest BCUT2D eigenvalue weighted by atomic mass is 16.7. The number of H-pyrrole nitrogens is 1. The van der Waals surface area contributed by atoms with Gasteiger partial charge in [0, 0.05) is 65.0 Å². The van der Waals surface area contributed by atoms with Crippen LogP contribution in [0.1, 0.15) is 11.1 Å². The molecule has 0 saturated carbocycles. The van der Waals surface area contributed by atoms with Gasteiger partial charge in [-0.2, -0.15) is 0 Å². The van der Waals surface area contributed by atoms with Gasteiger partial charge in [0.1, 0.15) is 0 Å². The molecule has 0 spiro atoms. The Bertz CT molecular complexity index is 1700. The fourth-order valence-electron chi connectivity index (χ4n) is 5.42. The summed E-state index contributed by atoms with van der Waals surface area (Å²) in [6.45, 7) is 0.958. The van der Waals surface area contributed by atoms with Crippen molar-refractivity contribution < 1.29 is 33.6 Å². The molecule has 0 saturated heterocycles. The van der Waals surface area contributed by atoms with Crippen molar-refractivity contribution >= 4 is 44.8 Å². The van der Waals surface area contributed by atoms with Gasteiger partial charge in [-0.1, -0.05) is 0 Å². The Morgan fingerprint density at radius 1 is 0.895 bits per heavy atom. The van der Waals surface area contributed by atoms with Crippen LogP contribution in [0.5, 0.6) is 23.0 Å². The topological polar surface area (TPSA) is 127 Å². The van der Waals surface area contributed by atoms with Gasteiger partial charge in [0.25, 0.3) is 11.8 Å². The number of rotatable bonds is 6. The molecule has 1 atom stereocenters. The summed E-state index contributed by atoms with van der Waals surface area (Å²) in [7, 11) is 3.78. The molecule has 5 heterocycles. The van der Waals surface area contributed by atoms with E-state index in [4.69, 9.17) is 18.9 Å². The molecule has 0 radical (unpaired) electrons. The van der Waals surface area contributed by atoms with Crippen molar-refractivity contribution in [3.8, 4) is 23.0 Å². The van der Waals surface area contributed by atoms with Crippen molar-refractivity contribution in [3.63, 3.8) is 0 Å². The molecule has 4 aromatic rings. The minimum atomic E-state index is -0.663. The summed E-state index contributed by atoms with van der Waals surface area (Å²) < 4.78 is 24.1. The first-order valence-corrected chi connectivity index (χ1v) is 12.1. The van der Waals surface area contributed by atoms with Crippen LogP contribution in [0, 0.1) is 0 Å². The summed E-state index contributed by atoms with van der Waals surface area (Å²) in [6.07, 6.45) is 2.85. The number of ether oxygens (including phenoxy) is 4. The van der Waals surface area contributed by atoms with Gasteiger partial charge in [0.05, 0.1) is 22.8 Å². The zero-order valence-corrected chi connectivity index (χ0v) is 20.7. The molecule has 2 amide bonds. The number of likely N-dealkylation sites (N-methyl/N-ethyl adjacent to an activating group) is 1. The Hall–Kier alpha value is -4.48. The molecule has 2 aromatic carbocycles. The van der Waals surface area contributed by atoms with Crippen molar-refractivity contribution in [2.75, 3.05) is 34.2 Å². The lowest BCUT2D eigenvalue weighted by Crippen LogP contribution is -2.29. The summed E-state index contributed by atoms with van der Waals surface area (Å²) in [6, 6.07) is 7.28. The normalized spacial score (nSPS) is 16.9. The van der Waals surface area contributed by atoms with Gasteiger partial charge in [-0.15, -0.1) is 0 Å². The van der Waals surface area contributed by atoms with Gasteiger partial charge in [-0.25, -0.2) is 0 Å². The van der Waals surface area contributed by atoms with E-state index in [9.17, 15) is 14.7 Å². The number of fused-ring (bicyclic) bond motifs is 4. The van der Waals surface area contributed by atoms with E-state index < -0.39 is 17.9 Å². The molecule has 3 aliphatic rings. The molecule has 3 aliphatic heterocycles. The van der Waals surface area contributed by atoms with Crippen LogP contribution in [0.4, 0.5) is 0 Å². The number of carbonyl (C=O) groups is 2. The number of amides is 2. The Morgan fingerprint density at radius 3 is 2.18 bits per heavy atom. The van der Waals surface area contributed by atoms with E-state index in [0.29, 0.717) is 46.1 Å². The Labute approximate surface area is 216 Å². The minimum absolute atomic E-state index is 0.0961. The SMILES string of the molecule is CN(C)CC(O)Cn1cc(C2=C(c3c[nH]c4cc5c(cc34)OCO5)C(=O)NC2=O)c2cc3c(cc21)OCO3. The van der Waals surface area contributed by atoms with E-state index in [-0.39, 0.29) is 31.3 Å². The van der Waals surface area contributed by atoms with Crippen LogP contribution in [0.2, 0.25) is 0 Å². The molecule has 0 bridgehead atoms. The molecule has 3 N–H and O–H groups in total. The van der Waals surface area contributed by atoms with Crippen LogP contribution in [0.15, 0.2) is 36.7 Å². The number of carbonyl (C=O) groups excluding carboxylic acids is 2. The molecule has 1 unspecified atom stereocenters. The second-order valence-electron chi connectivity index (χ2n) is 9.82. The summed E-state index contributed by atoms with van der Waals surface area (Å²) in [4.78, 5) is 31.6.